The lowest BCUT2D eigenvalue weighted by atomic mass is 10.2. The highest BCUT2D eigenvalue weighted by Crippen LogP contribution is 2.23. The molecule has 0 aliphatic carbocycles. The van der Waals surface area contributed by atoms with Crippen LogP contribution in [0.1, 0.15) is 29.4 Å². The number of ether oxygens (including phenoxy) is 2. The molecule has 33 heavy (non-hydrogen) atoms. The topological polar surface area (TPSA) is 84.9 Å². The van der Waals surface area contributed by atoms with Crippen molar-refractivity contribution >= 4 is 28.7 Å². The van der Waals surface area contributed by atoms with Gasteiger partial charge >= 0.3 is 5.97 Å². The number of amides is 1. The second-order valence-electron chi connectivity index (χ2n) is 7.80. The van der Waals surface area contributed by atoms with Gasteiger partial charge in [-0.2, -0.15) is 0 Å². The lowest BCUT2D eigenvalue weighted by Gasteiger charge is -2.24. The fourth-order valence-corrected chi connectivity index (χ4v) is 3.85. The highest BCUT2D eigenvalue weighted by molar-refractivity contribution is 5.95. The molecule has 0 atom stereocenters. The van der Waals surface area contributed by atoms with Gasteiger partial charge in [-0.1, -0.05) is 42.5 Å². The number of para-hydroxylation sites is 2. The molecule has 0 spiro atoms. The lowest BCUT2D eigenvalue weighted by Crippen LogP contribution is -2.37. The van der Waals surface area contributed by atoms with Gasteiger partial charge in [-0.15, -0.1) is 0 Å². The summed E-state index contributed by atoms with van der Waals surface area (Å²) in [7, 11) is 0. The van der Waals surface area contributed by atoms with E-state index in [1.165, 1.54) is 0 Å². The molecule has 0 saturated carbocycles. The predicted molar refractivity (Wildman–Crippen MR) is 125 cm³/mol. The van der Waals surface area contributed by atoms with Gasteiger partial charge in [0.15, 0.2) is 11.5 Å². The average molecular weight is 449 g/mol. The number of carbonyl (C=O) groups excluding carboxylic acids is 2. The van der Waals surface area contributed by atoms with Crippen molar-refractivity contribution in [3.05, 3.63) is 65.9 Å². The van der Waals surface area contributed by atoms with Gasteiger partial charge in [-0.05, 0) is 31.0 Å². The fourth-order valence-electron chi connectivity index (χ4n) is 3.85. The molecule has 0 unspecified atom stereocenters. The third-order valence-electron chi connectivity index (χ3n) is 5.51. The van der Waals surface area contributed by atoms with Crippen LogP contribution in [0.2, 0.25) is 0 Å². The van der Waals surface area contributed by atoms with Crippen molar-refractivity contribution < 1.29 is 19.1 Å². The van der Waals surface area contributed by atoms with Gasteiger partial charge in [0.2, 0.25) is 5.91 Å². The molecular formula is C25H28N4O4. The molecule has 2 aromatic carbocycles. The third-order valence-corrected chi connectivity index (χ3v) is 5.51. The van der Waals surface area contributed by atoms with Crippen LogP contribution in [0.3, 0.4) is 0 Å². The van der Waals surface area contributed by atoms with Crippen LogP contribution in [0.15, 0.2) is 54.6 Å². The Morgan fingerprint density at radius 3 is 2.39 bits per heavy atom. The van der Waals surface area contributed by atoms with Gasteiger partial charge in [0.05, 0.1) is 24.2 Å². The van der Waals surface area contributed by atoms with Gasteiger partial charge in [0.25, 0.3) is 0 Å². The van der Waals surface area contributed by atoms with E-state index in [9.17, 15) is 9.59 Å². The van der Waals surface area contributed by atoms with E-state index >= 15 is 0 Å². The number of benzene rings is 2. The van der Waals surface area contributed by atoms with E-state index in [0.29, 0.717) is 49.6 Å². The maximum absolute atomic E-state index is 12.7. The Kier molecular flexibility index (Phi) is 7.47. The average Bonchev–Trinajstić information content (AvgIpc) is 3.10. The molecule has 4 rings (SSSR count). The molecule has 1 amide bonds. The minimum Gasteiger partial charge on any atom is -0.461 e. The van der Waals surface area contributed by atoms with Gasteiger partial charge in [-0.25, -0.2) is 14.8 Å². The maximum atomic E-state index is 12.7. The Hall–Kier alpha value is -3.52. The van der Waals surface area contributed by atoms with E-state index in [1.54, 1.807) is 6.92 Å². The summed E-state index contributed by atoms with van der Waals surface area (Å²) in [5.74, 6) is -0.0259. The van der Waals surface area contributed by atoms with Gasteiger partial charge in [0.1, 0.15) is 6.61 Å². The SMILES string of the molecule is CCOC(=O)c1nc2ccccc2nc1N1CCCN(C(=O)COCc2ccccc2)CC1. The van der Waals surface area contributed by atoms with Crippen molar-refractivity contribution in [3.63, 3.8) is 0 Å². The van der Waals surface area contributed by atoms with Gasteiger partial charge in [0, 0.05) is 26.2 Å². The van der Waals surface area contributed by atoms with Crippen molar-refractivity contribution in [2.75, 3.05) is 44.3 Å². The normalized spacial score (nSPS) is 14.2. The largest absolute Gasteiger partial charge is 0.461 e. The van der Waals surface area contributed by atoms with Crippen molar-refractivity contribution in [3.8, 4) is 0 Å². The second kappa shape index (κ2) is 10.9. The molecule has 1 aromatic heterocycles. The van der Waals surface area contributed by atoms with E-state index in [-0.39, 0.29) is 24.8 Å². The minimum absolute atomic E-state index is 0.0389. The Balaban J connectivity index is 1.44. The van der Waals surface area contributed by atoms with Gasteiger partial charge in [-0.3, -0.25) is 4.79 Å². The van der Waals surface area contributed by atoms with Crippen molar-refractivity contribution in [2.45, 2.75) is 20.0 Å². The quantitative estimate of drug-likeness (QED) is 0.514. The maximum Gasteiger partial charge on any atom is 0.360 e. The van der Waals surface area contributed by atoms with Crippen LogP contribution in [0.4, 0.5) is 5.82 Å². The lowest BCUT2D eigenvalue weighted by molar-refractivity contribution is -0.136. The Morgan fingerprint density at radius 1 is 0.909 bits per heavy atom. The molecule has 1 aliphatic rings. The Morgan fingerprint density at radius 2 is 1.64 bits per heavy atom. The predicted octanol–water partition coefficient (Wildman–Crippen LogP) is 3.06. The van der Waals surface area contributed by atoms with Crippen molar-refractivity contribution in [2.24, 2.45) is 0 Å². The zero-order valence-electron chi connectivity index (χ0n) is 18.8. The summed E-state index contributed by atoms with van der Waals surface area (Å²) in [6, 6.07) is 17.2. The molecule has 1 aliphatic heterocycles. The van der Waals surface area contributed by atoms with Crippen LogP contribution in [0.25, 0.3) is 11.0 Å². The van der Waals surface area contributed by atoms with E-state index < -0.39 is 5.97 Å². The highest BCUT2D eigenvalue weighted by atomic mass is 16.5. The van der Waals surface area contributed by atoms with E-state index in [2.05, 4.69) is 4.98 Å². The van der Waals surface area contributed by atoms with Crippen LogP contribution in [-0.2, 0) is 20.9 Å². The number of anilines is 1. The Bertz CT molecular complexity index is 1110. The van der Waals surface area contributed by atoms with Crippen LogP contribution >= 0.6 is 0 Å². The minimum atomic E-state index is -0.489. The summed E-state index contributed by atoms with van der Waals surface area (Å²) in [5.41, 5.74) is 2.61. The first kappa shape index (κ1) is 22.7. The van der Waals surface area contributed by atoms with Crippen LogP contribution in [-0.4, -0.2) is 66.1 Å². The summed E-state index contributed by atoms with van der Waals surface area (Å²) >= 11 is 0. The highest BCUT2D eigenvalue weighted by Gasteiger charge is 2.25. The zero-order valence-corrected chi connectivity index (χ0v) is 18.8. The molecule has 172 valence electrons. The first-order chi connectivity index (χ1) is 16.2. The number of aromatic nitrogens is 2. The Labute approximate surface area is 193 Å². The second-order valence-corrected chi connectivity index (χ2v) is 7.80. The number of carbonyl (C=O) groups is 2. The number of hydrogen-bond donors (Lipinski definition) is 0. The summed E-state index contributed by atoms with van der Waals surface area (Å²) < 4.78 is 10.9. The summed E-state index contributed by atoms with van der Waals surface area (Å²) in [6.07, 6.45) is 0.751. The fraction of sp³-hybridized carbons (Fsp3) is 0.360. The first-order valence-electron chi connectivity index (χ1n) is 11.2. The molecule has 0 radical (unpaired) electrons. The summed E-state index contributed by atoms with van der Waals surface area (Å²) in [4.78, 5) is 38.4. The number of rotatable bonds is 7. The molecule has 8 heteroatoms. The number of hydrogen-bond acceptors (Lipinski definition) is 7. The monoisotopic (exact) mass is 448 g/mol. The van der Waals surface area contributed by atoms with Crippen molar-refractivity contribution in [1.82, 2.24) is 14.9 Å². The molecule has 1 fully saturated rings. The van der Waals surface area contributed by atoms with E-state index in [4.69, 9.17) is 14.5 Å². The standard InChI is InChI=1S/C25H28N4O4/c1-2-33-25(31)23-24(27-21-12-7-6-11-20(21)26-23)29-14-8-13-28(15-16-29)22(30)18-32-17-19-9-4-3-5-10-19/h3-7,9-12H,2,8,13-18H2,1H3. The molecule has 8 nitrogen and oxygen atoms in total. The first-order valence-corrected chi connectivity index (χ1v) is 11.2. The summed E-state index contributed by atoms with van der Waals surface area (Å²) in [6.45, 7) is 4.82. The zero-order chi connectivity index (χ0) is 23.0. The number of esters is 1. The van der Waals surface area contributed by atoms with Crippen LogP contribution < -0.4 is 4.90 Å². The van der Waals surface area contributed by atoms with E-state index in [1.807, 2.05) is 64.4 Å². The summed E-state index contributed by atoms with van der Waals surface area (Å²) in [5, 5.41) is 0. The van der Waals surface area contributed by atoms with Crippen molar-refractivity contribution in [1.29, 1.82) is 0 Å². The van der Waals surface area contributed by atoms with Gasteiger partial charge < -0.3 is 19.3 Å². The molecule has 2 heterocycles. The smallest absolute Gasteiger partial charge is 0.360 e. The number of fused-ring (bicyclic) bond motifs is 1. The molecule has 0 N–H and O–H groups in total. The van der Waals surface area contributed by atoms with Crippen LogP contribution in [0, 0.1) is 0 Å². The molecule has 1 saturated heterocycles. The number of nitrogens with zero attached hydrogens (tertiary/aromatic N) is 4. The molecule has 3 aromatic rings. The molecular weight excluding hydrogens is 420 g/mol. The molecule has 0 bridgehead atoms. The van der Waals surface area contributed by atoms with E-state index in [0.717, 1.165) is 12.0 Å². The van der Waals surface area contributed by atoms with Crippen LogP contribution in [0.5, 0.6) is 0 Å². The third kappa shape index (κ3) is 5.64.